The van der Waals surface area contributed by atoms with Crippen LogP contribution < -0.4 is 4.90 Å². The van der Waals surface area contributed by atoms with Crippen LogP contribution in [-0.4, -0.2) is 18.1 Å². The zero-order valence-corrected chi connectivity index (χ0v) is 10.3. The molecular formula is C15H15N3. The van der Waals surface area contributed by atoms with Gasteiger partial charge in [0.1, 0.15) is 6.07 Å². The quantitative estimate of drug-likeness (QED) is 0.765. The third-order valence-electron chi connectivity index (χ3n) is 3.54. The number of nitrogens with zero attached hydrogens (tertiary/aromatic N) is 3. The molecule has 0 saturated carbocycles. The molecule has 0 N–H and O–H groups in total. The molecule has 90 valence electrons. The monoisotopic (exact) mass is 237 g/mol. The Morgan fingerprint density at radius 1 is 1.11 bits per heavy atom. The van der Waals surface area contributed by atoms with Crippen LogP contribution in [-0.2, 0) is 0 Å². The van der Waals surface area contributed by atoms with Gasteiger partial charge in [0, 0.05) is 24.7 Å². The highest BCUT2D eigenvalue weighted by Crippen LogP contribution is 2.31. The normalized spacial score (nSPS) is 15.6. The molecule has 0 spiro atoms. The number of aromatic nitrogens is 1. The van der Waals surface area contributed by atoms with Gasteiger partial charge in [0.05, 0.1) is 16.8 Å². The van der Waals surface area contributed by atoms with E-state index in [0.29, 0.717) is 5.56 Å². The Morgan fingerprint density at radius 3 is 2.67 bits per heavy atom. The van der Waals surface area contributed by atoms with Crippen molar-refractivity contribution >= 4 is 16.6 Å². The molecular weight excluding hydrogens is 222 g/mol. The van der Waals surface area contributed by atoms with Crippen molar-refractivity contribution in [2.75, 3.05) is 18.0 Å². The molecule has 3 rings (SSSR count). The number of fused-ring (bicyclic) bond motifs is 1. The number of pyridine rings is 1. The van der Waals surface area contributed by atoms with E-state index in [-0.39, 0.29) is 0 Å². The Kier molecular flexibility index (Phi) is 2.85. The summed E-state index contributed by atoms with van der Waals surface area (Å²) in [7, 11) is 0. The first kappa shape index (κ1) is 11.0. The standard InChI is InChI=1S/C15H15N3/c16-10-12-11-17-14-7-3-2-6-13(14)15(12)18-8-4-1-5-9-18/h2-3,6-7,11H,1,4-5,8-9H2. The largest absolute Gasteiger partial charge is 0.370 e. The average Bonchev–Trinajstić information content (AvgIpc) is 2.47. The smallest absolute Gasteiger partial charge is 0.103 e. The molecule has 0 atom stereocenters. The van der Waals surface area contributed by atoms with Crippen LogP contribution >= 0.6 is 0 Å². The summed E-state index contributed by atoms with van der Waals surface area (Å²) in [5.41, 5.74) is 2.73. The van der Waals surface area contributed by atoms with E-state index in [1.165, 1.54) is 19.3 Å². The number of piperidine rings is 1. The fraction of sp³-hybridized carbons (Fsp3) is 0.333. The van der Waals surface area contributed by atoms with E-state index in [9.17, 15) is 5.26 Å². The first-order valence-electron chi connectivity index (χ1n) is 6.43. The molecule has 0 radical (unpaired) electrons. The molecule has 2 aromatic rings. The highest BCUT2D eigenvalue weighted by Gasteiger charge is 2.17. The van der Waals surface area contributed by atoms with Gasteiger partial charge in [-0.05, 0) is 25.3 Å². The highest BCUT2D eigenvalue weighted by molar-refractivity contribution is 5.94. The minimum Gasteiger partial charge on any atom is -0.370 e. The predicted octanol–water partition coefficient (Wildman–Crippen LogP) is 3.10. The van der Waals surface area contributed by atoms with E-state index in [1.54, 1.807) is 6.20 Å². The molecule has 1 aromatic carbocycles. The maximum atomic E-state index is 9.29. The number of benzene rings is 1. The molecule has 18 heavy (non-hydrogen) atoms. The van der Waals surface area contributed by atoms with Crippen molar-refractivity contribution < 1.29 is 0 Å². The van der Waals surface area contributed by atoms with Crippen LogP contribution in [0.5, 0.6) is 0 Å². The summed E-state index contributed by atoms with van der Waals surface area (Å²) in [5.74, 6) is 0. The van der Waals surface area contributed by atoms with Gasteiger partial charge in [-0.2, -0.15) is 5.26 Å². The average molecular weight is 237 g/mol. The Balaban J connectivity index is 2.20. The van der Waals surface area contributed by atoms with Gasteiger partial charge in [-0.15, -0.1) is 0 Å². The maximum Gasteiger partial charge on any atom is 0.103 e. The van der Waals surface area contributed by atoms with E-state index in [0.717, 1.165) is 29.7 Å². The fourth-order valence-corrected chi connectivity index (χ4v) is 2.67. The zero-order valence-electron chi connectivity index (χ0n) is 10.3. The van der Waals surface area contributed by atoms with Crippen molar-refractivity contribution in [1.82, 2.24) is 4.98 Å². The molecule has 1 aliphatic heterocycles. The van der Waals surface area contributed by atoms with Crippen molar-refractivity contribution in [2.45, 2.75) is 19.3 Å². The van der Waals surface area contributed by atoms with E-state index >= 15 is 0 Å². The third kappa shape index (κ3) is 1.80. The summed E-state index contributed by atoms with van der Waals surface area (Å²) >= 11 is 0. The lowest BCUT2D eigenvalue weighted by atomic mass is 10.1. The third-order valence-corrected chi connectivity index (χ3v) is 3.54. The Labute approximate surface area is 107 Å². The number of para-hydroxylation sites is 1. The van der Waals surface area contributed by atoms with Crippen LogP contribution in [0, 0.1) is 11.3 Å². The number of rotatable bonds is 1. The van der Waals surface area contributed by atoms with Crippen LogP contribution in [0.1, 0.15) is 24.8 Å². The molecule has 1 fully saturated rings. The van der Waals surface area contributed by atoms with Crippen molar-refractivity contribution in [1.29, 1.82) is 5.26 Å². The molecule has 0 bridgehead atoms. The number of nitriles is 1. The van der Waals surface area contributed by atoms with Gasteiger partial charge in [-0.1, -0.05) is 18.2 Å². The van der Waals surface area contributed by atoms with Crippen LogP contribution in [0.15, 0.2) is 30.5 Å². The Hall–Kier alpha value is -2.08. The Morgan fingerprint density at radius 2 is 1.89 bits per heavy atom. The molecule has 1 aromatic heterocycles. The fourth-order valence-electron chi connectivity index (χ4n) is 2.67. The molecule has 1 saturated heterocycles. The van der Waals surface area contributed by atoms with Crippen molar-refractivity contribution in [3.8, 4) is 6.07 Å². The molecule has 3 nitrogen and oxygen atoms in total. The first-order valence-corrected chi connectivity index (χ1v) is 6.43. The summed E-state index contributed by atoms with van der Waals surface area (Å²) in [5, 5.41) is 10.4. The second kappa shape index (κ2) is 4.66. The summed E-state index contributed by atoms with van der Waals surface area (Å²) < 4.78 is 0. The Bertz CT molecular complexity index is 607. The van der Waals surface area contributed by atoms with Crippen molar-refractivity contribution in [2.24, 2.45) is 0 Å². The van der Waals surface area contributed by atoms with Crippen molar-refractivity contribution in [3.05, 3.63) is 36.0 Å². The summed E-state index contributed by atoms with van der Waals surface area (Å²) in [6.07, 6.45) is 5.41. The predicted molar refractivity (Wildman–Crippen MR) is 72.5 cm³/mol. The molecule has 2 heterocycles. The molecule has 0 aliphatic carbocycles. The summed E-state index contributed by atoms with van der Waals surface area (Å²) in [6.45, 7) is 2.09. The molecule has 0 amide bonds. The molecule has 1 aliphatic rings. The summed E-state index contributed by atoms with van der Waals surface area (Å²) in [4.78, 5) is 6.70. The van der Waals surface area contributed by atoms with Crippen molar-refractivity contribution in [3.63, 3.8) is 0 Å². The molecule has 0 unspecified atom stereocenters. The van der Waals surface area contributed by atoms with E-state index in [2.05, 4.69) is 22.0 Å². The zero-order chi connectivity index (χ0) is 12.4. The van der Waals surface area contributed by atoms with E-state index in [1.807, 2.05) is 18.2 Å². The van der Waals surface area contributed by atoms with Crippen LogP contribution in [0.3, 0.4) is 0 Å². The number of anilines is 1. The van der Waals surface area contributed by atoms with Gasteiger partial charge in [0.2, 0.25) is 0 Å². The van der Waals surface area contributed by atoms with Gasteiger partial charge < -0.3 is 4.90 Å². The van der Waals surface area contributed by atoms with Gasteiger partial charge in [0.25, 0.3) is 0 Å². The maximum absolute atomic E-state index is 9.29. The minimum atomic E-state index is 0.690. The van der Waals surface area contributed by atoms with Crippen LogP contribution in [0.2, 0.25) is 0 Å². The second-order valence-corrected chi connectivity index (χ2v) is 4.70. The van der Waals surface area contributed by atoms with Crippen LogP contribution in [0.25, 0.3) is 10.9 Å². The van der Waals surface area contributed by atoms with Gasteiger partial charge in [-0.25, -0.2) is 0 Å². The SMILES string of the molecule is N#Cc1cnc2ccccc2c1N1CCCCC1. The van der Waals surface area contributed by atoms with Crippen LogP contribution in [0.4, 0.5) is 5.69 Å². The highest BCUT2D eigenvalue weighted by atomic mass is 15.1. The van der Waals surface area contributed by atoms with Gasteiger partial charge in [0.15, 0.2) is 0 Å². The van der Waals surface area contributed by atoms with E-state index in [4.69, 9.17) is 0 Å². The number of hydrogen-bond donors (Lipinski definition) is 0. The summed E-state index contributed by atoms with van der Waals surface area (Å²) in [6, 6.07) is 10.3. The lowest BCUT2D eigenvalue weighted by molar-refractivity contribution is 0.578. The lowest BCUT2D eigenvalue weighted by Crippen LogP contribution is -2.30. The van der Waals surface area contributed by atoms with Gasteiger partial charge in [-0.3, -0.25) is 4.98 Å². The lowest BCUT2D eigenvalue weighted by Gasteiger charge is -2.30. The minimum absolute atomic E-state index is 0.690. The second-order valence-electron chi connectivity index (χ2n) is 4.70. The number of hydrogen-bond acceptors (Lipinski definition) is 3. The first-order chi connectivity index (χ1) is 8.90. The van der Waals surface area contributed by atoms with E-state index < -0.39 is 0 Å². The van der Waals surface area contributed by atoms with Gasteiger partial charge >= 0.3 is 0 Å². The topological polar surface area (TPSA) is 39.9 Å². The molecule has 3 heteroatoms.